The van der Waals surface area contributed by atoms with Gasteiger partial charge in [0.2, 0.25) is 0 Å². The number of rotatable bonds is 6. The third kappa shape index (κ3) is 3.37. The molecule has 8 heteroatoms. The van der Waals surface area contributed by atoms with E-state index in [-0.39, 0.29) is 5.69 Å². The molecule has 1 unspecified atom stereocenters. The molecule has 2 rings (SSSR count). The molecule has 106 valence electrons. The molecular weight excluding hydrogens is 262 g/mol. The zero-order chi connectivity index (χ0) is 14.5. The van der Waals surface area contributed by atoms with Gasteiger partial charge in [-0.2, -0.15) is 0 Å². The summed E-state index contributed by atoms with van der Waals surface area (Å²) in [4.78, 5) is 10.1. The second-order valence-corrected chi connectivity index (χ2v) is 4.35. The van der Waals surface area contributed by atoms with E-state index < -0.39 is 11.0 Å². The van der Waals surface area contributed by atoms with Crippen molar-refractivity contribution in [3.63, 3.8) is 0 Å². The van der Waals surface area contributed by atoms with Gasteiger partial charge in [0.25, 0.3) is 5.69 Å². The molecule has 0 amide bonds. The van der Waals surface area contributed by atoms with Crippen LogP contribution in [0.25, 0.3) is 0 Å². The maximum absolute atomic E-state index is 10.5. The summed E-state index contributed by atoms with van der Waals surface area (Å²) < 4.78 is 1.78. The summed E-state index contributed by atoms with van der Waals surface area (Å²) in [7, 11) is 1.84. The fraction of sp³-hybridized carbons (Fsp3) is 0.333. The lowest BCUT2D eigenvalue weighted by Gasteiger charge is -2.11. The second kappa shape index (κ2) is 6.22. The van der Waals surface area contributed by atoms with Crippen LogP contribution in [0.15, 0.2) is 30.6 Å². The largest absolute Gasteiger partial charge is 0.387 e. The van der Waals surface area contributed by atoms with Gasteiger partial charge in [0.1, 0.15) is 12.2 Å². The van der Waals surface area contributed by atoms with Gasteiger partial charge in [-0.1, -0.05) is 0 Å². The Morgan fingerprint density at radius 3 is 2.70 bits per heavy atom. The van der Waals surface area contributed by atoms with Crippen LogP contribution in [0.2, 0.25) is 0 Å². The maximum Gasteiger partial charge on any atom is 0.269 e. The van der Waals surface area contributed by atoms with Crippen LogP contribution < -0.4 is 5.32 Å². The molecule has 8 nitrogen and oxygen atoms in total. The fourth-order valence-electron chi connectivity index (χ4n) is 1.72. The van der Waals surface area contributed by atoms with Crippen LogP contribution in [0.4, 0.5) is 5.69 Å². The molecule has 0 bridgehead atoms. The minimum Gasteiger partial charge on any atom is -0.387 e. The van der Waals surface area contributed by atoms with E-state index in [1.165, 1.54) is 12.1 Å². The smallest absolute Gasteiger partial charge is 0.269 e. The quantitative estimate of drug-likeness (QED) is 0.590. The van der Waals surface area contributed by atoms with Crippen molar-refractivity contribution in [1.29, 1.82) is 0 Å². The lowest BCUT2D eigenvalue weighted by Crippen LogP contribution is -2.22. The first kappa shape index (κ1) is 14.1. The number of nitro groups is 1. The van der Waals surface area contributed by atoms with Gasteiger partial charge in [-0.25, -0.2) is 0 Å². The Morgan fingerprint density at radius 2 is 2.15 bits per heavy atom. The SMILES string of the molecule is Cn1cnnc1CNCC(O)c1ccc([N+](=O)[O-])cc1. The zero-order valence-electron chi connectivity index (χ0n) is 10.9. The van der Waals surface area contributed by atoms with Crippen molar-refractivity contribution in [3.8, 4) is 0 Å². The number of nitrogens with one attached hydrogen (secondary N) is 1. The van der Waals surface area contributed by atoms with Crippen LogP contribution >= 0.6 is 0 Å². The highest BCUT2D eigenvalue weighted by Crippen LogP contribution is 2.17. The fourth-order valence-corrected chi connectivity index (χ4v) is 1.72. The van der Waals surface area contributed by atoms with E-state index >= 15 is 0 Å². The van der Waals surface area contributed by atoms with E-state index in [2.05, 4.69) is 15.5 Å². The van der Waals surface area contributed by atoms with Gasteiger partial charge in [0.15, 0.2) is 0 Å². The Balaban J connectivity index is 1.87. The van der Waals surface area contributed by atoms with Crippen LogP contribution in [0.5, 0.6) is 0 Å². The number of hydrogen-bond acceptors (Lipinski definition) is 6. The van der Waals surface area contributed by atoms with Crippen LogP contribution in [-0.4, -0.2) is 31.3 Å². The molecule has 1 aromatic heterocycles. The Kier molecular flexibility index (Phi) is 4.38. The minimum atomic E-state index is -0.732. The normalized spacial score (nSPS) is 12.3. The topological polar surface area (TPSA) is 106 Å². The molecule has 1 atom stereocenters. The van der Waals surface area contributed by atoms with Crippen molar-refractivity contribution in [1.82, 2.24) is 20.1 Å². The number of benzene rings is 1. The average molecular weight is 277 g/mol. The Hall–Kier alpha value is -2.32. The summed E-state index contributed by atoms with van der Waals surface area (Å²) in [5.74, 6) is 0.765. The van der Waals surface area contributed by atoms with E-state index in [1.807, 2.05) is 7.05 Å². The third-order valence-electron chi connectivity index (χ3n) is 2.91. The number of non-ortho nitro benzene ring substituents is 1. The monoisotopic (exact) mass is 277 g/mol. The first-order chi connectivity index (χ1) is 9.58. The first-order valence-electron chi connectivity index (χ1n) is 6.04. The number of nitrogens with zero attached hydrogens (tertiary/aromatic N) is 4. The van der Waals surface area contributed by atoms with Gasteiger partial charge in [-0.05, 0) is 17.7 Å². The molecule has 0 spiro atoms. The Bertz CT molecular complexity index is 581. The highest BCUT2D eigenvalue weighted by Gasteiger charge is 2.10. The molecule has 0 radical (unpaired) electrons. The van der Waals surface area contributed by atoms with Crippen LogP contribution in [-0.2, 0) is 13.6 Å². The summed E-state index contributed by atoms with van der Waals surface area (Å²) in [6, 6.07) is 5.85. The van der Waals surface area contributed by atoms with Gasteiger partial charge in [-0.3, -0.25) is 10.1 Å². The van der Waals surface area contributed by atoms with E-state index in [0.717, 1.165) is 5.82 Å². The lowest BCUT2D eigenvalue weighted by atomic mass is 10.1. The van der Waals surface area contributed by atoms with Crippen molar-refractivity contribution >= 4 is 5.69 Å². The highest BCUT2D eigenvalue weighted by atomic mass is 16.6. The number of nitro benzene ring substituents is 1. The number of aliphatic hydroxyl groups excluding tert-OH is 1. The van der Waals surface area contributed by atoms with Gasteiger partial charge in [-0.15, -0.1) is 10.2 Å². The third-order valence-corrected chi connectivity index (χ3v) is 2.91. The zero-order valence-corrected chi connectivity index (χ0v) is 10.9. The molecule has 2 aromatic rings. The Morgan fingerprint density at radius 1 is 1.45 bits per heavy atom. The van der Waals surface area contributed by atoms with Crippen molar-refractivity contribution in [2.75, 3.05) is 6.54 Å². The molecule has 0 aliphatic heterocycles. The molecule has 0 aliphatic carbocycles. The molecule has 2 N–H and O–H groups in total. The van der Waals surface area contributed by atoms with Gasteiger partial charge in [0.05, 0.1) is 17.6 Å². The average Bonchev–Trinajstić information content (AvgIpc) is 2.84. The Labute approximate surface area is 115 Å². The van der Waals surface area contributed by atoms with Crippen LogP contribution in [0.1, 0.15) is 17.5 Å². The summed E-state index contributed by atoms with van der Waals surface area (Å²) in [5.41, 5.74) is 0.633. The molecule has 0 fully saturated rings. The van der Waals surface area contributed by atoms with Crippen molar-refractivity contribution < 1.29 is 10.0 Å². The van der Waals surface area contributed by atoms with Crippen molar-refractivity contribution in [2.45, 2.75) is 12.6 Å². The van der Waals surface area contributed by atoms with Crippen molar-refractivity contribution in [2.24, 2.45) is 7.05 Å². The predicted octanol–water partition coefficient (Wildman–Crippen LogP) is 0.546. The van der Waals surface area contributed by atoms with E-state index in [1.54, 1.807) is 23.0 Å². The molecule has 1 heterocycles. The van der Waals surface area contributed by atoms with Crippen molar-refractivity contribution in [3.05, 3.63) is 52.1 Å². The first-order valence-corrected chi connectivity index (χ1v) is 6.04. The minimum absolute atomic E-state index is 0.00740. The van der Waals surface area contributed by atoms with Crippen LogP contribution in [0, 0.1) is 10.1 Å². The summed E-state index contributed by atoms with van der Waals surface area (Å²) >= 11 is 0. The van der Waals surface area contributed by atoms with Crippen LogP contribution in [0.3, 0.4) is 0 Å². The second-order valence-electron chi connectivity index (χ2n) is 4.35. The maximum atomic E-state index is 10.5. The highest BCUT2D eigenvalue weighted by molar-refractivity contribution is 5.33. The van der Waals surface area contributed by atoms with Gasteiger partial charge >= 0.3 is 0 Å². The number of aliphatic hydroxyl groups is 1. The molecule has 0 saturated heterocycles. The van der Waals surface area contributed by atoms with E-state index in [9.17, 15) is 15.2 Å². The standard InChI is InChI=1S/C12H15N5O3/c1-16-8-14-15-12(16)7-13-6-11(18)9-2-4-10(5-3-9)17(19)20/h2-5,8,11,13,18H,6-7H2,1H3. The van der Waals surface area contributed by atoms with Gasteiger partial charge in [0, 0.05) is 25.7 Å². The molecule has 0 aliphatic rings. The molecular formula is C12H15N5O3. The summed E-state index contributed by atoms with van der Waals surface area (Å²) in [6.45, 7) is 0.811. The molecule has 0 saturated carbocycles. The number of aryl methyl sites for hydroxylation is 1. The summed E-state index contributed by atoms with van der Waals surface area (Å²) in [6.07, 6.45) is 0.869. The van der Waals surface area contributed by atoms with Gasteiger partial charge < -0.3 is 15.0 Å². The summed E-state index contributed by atoms with van der Waals surface area (Å²) in [5, 5.41) is 31.2. The predicted molar refractivity (Wildman–Crippen MR) is 70.8 cm³/mol. The number of aromatic nitrogens is 3. The number of hydrogen-bond donors (Lipinski definition) is 2. The van der Waals surface area contributed by atoms with E-state index in [4.69, 9.17) is 0 Å². The lowest BCUT2D eigenvalue weighted by molar-refractivity contribution is -0.384. The molecule has 1 aromatic carbocycles. The molecule has 20 heavy (non-hydrogen) atoms. The van der Waals surface area contributed by atoms with E-state index in [0.29, 0.717) is 18.7 Å².